The molecule has 0 aliphatic heterocycles. The molecule has 0 atom stereocenters. The molecule has 5 heteroatoms. The van der Waals surface area contributed by atoms with Gasteiger partial charge in [-0.2, -0.15) is 0 Å². The van der Waals surface area contributed by atoms with E-state index in [1.54, 1.807) is 13.3 Å². The number of nitrogens with two attached hydrogens (primary N) is 1. The van der Waals surface area contributed by atoms with E-state index in [2.05, 4.69) is 21.4 Å². The number of hydrogen-bond acceptors (Lipinski definition) is 5. The molecule has 3 N–H and O–H groups in total. The van der Waals surface area contributed by atoms with E-state index in [9.17, 15) is 0 Å². The van der Waals surface area contributed by atoms with Crippen molar-refractivity contribution in [1.29, 1.82) is 0 Å². The van der Waals surface area contributed by atoms with Crippen LogP contribution in [0.3, 0.4) is 0 Å². The largest absolute Gasteiger partial charge is 0.497 e. The predicted molar refractivity (Wildman–Crippen MR) is 80.0 cm³/mol. The standard InChI is InChI=1S/C15H20N4O/c1-20-14-5-2-4-12(11-14)10-13-6-9-18-15(19-13)17-8-3-7-16/h2,4-6,9,11H,3,7-8,10,16H2,1H3,(H,17,18,19). The zero-order chi connectivity index (χ0) is 14.2. The number of methoxy groups -OCH3 is 1. The summed E-state index contributed by atoms with van der Waals surface area (Å²) in [4.78, 5) is 8.69. The summed E-state index contributed by atoms with van der Waals surface area (Å²) in [5, 5.41) is 3.17. The highest BCUT2D eigenvalue weighted by atomic mass is 16.5. The van der Waals surface area contributed by atoms with E-state index < -0.39 is 0 Å². The second kappa shape index (κ2) is 7.45. The third-order valence-electron chi connectivity index (χ3n) is 2.90. The Morgan fingerprint density at radius 1 is 1.30 bits per heavy atom. The maximum atomic E-state index is 5.46. The van der Waals surface area contributed by atoms with Crippen molar-refractivity contribution in [2.45, 2.75) is 12.8 Å². The molecular weight excluding hydrogens is 252 g/mol. The second-order valence-corrected chi connectivity index (χ2v) is 4.47. The van der Waals surface area contributed by atoms with Gasteiger partial charge in [-0.25, -0.2) is 9.97 Å². The Morgan fingerprint density at radius 3 is 3.00 bits per heavy atom. The third kappa shape index (κ3) is 4.20. The summed E-state index contributed by atoms with van der Waals surface area (Å²) in [5.74, 6) is 1.51. The van der Waals surface area contributed by atoms with Crippen LogP contribution in [0.1, 0.15) is 17.7 Å². The van der Waals surface area contributed by atoms with Crippen LogP contribution in [0.25, 0.3) is 0 Å². The summed E-state index contributed by atoms with van der Waals surface area (Å²) >= 11 is 0. The maximum Gasteiger partial charge on any atom is 0.222 e. The van der Waals surface area contributed by atoms with Gasteiger partial charge in [-0.1, -0.05) is 12.1 Å². The van der Waals surface area contributed by atoms with E-state index in [-0.39, 0.29) is 0 Å². The van der Waals surface area contributed by atoms with Crippen molar-refractivity contribution in [2.75, 3.05) is 25.5 Å². The van der Waals surface area contributed by atoms with Crippen LogP contribution in [0.4, 0.5) is 5.95 Å². The highest BCUT2D eigenvalue weighted by molar-refractivity contribution is 5.32. The topological polar surface area (TPSA) is 73.1 Å². The number of anilines is 1. The lowest BCUT2D eigenvalue weighted by Gasteiger charge is -2.07. The smallest absolute Gasteiger partial charge is 0.222 e. The van der Waals surface area contributed by atoms with Crippen molar-refractivity contribution in [3.63, 3.8) is 0 Å². The molecule has 2 rings (SSSR count). The zero-order valence-electron chi connectivity index (χ0n) is 11.7. The molecule has 0 saturated carbocycles. The predicted octanol–water partition coefficient (Wildman–Crippen LogP) is 1.84. The number of ether oxygens (including phenoxy) is 1. The van der Waals surface area contributed by atoms with Gasteiger partial charge < -0.3 is 15.8 Å². The van der Waals surface area contributed by atoms with Crippen LogP contribution >= 0.6 is 0 Å². The third-order valence-corrected chi connectivity index (χ3v) is 2.90. The second-order valence-electron chi connectivity index (χ2n) is 4.47. The molecule has 0 radical (unpaired) electrons. The Morgan fingerprint density at radius 2 is 2.20 bits per heavy atom. The van der Waals surface area contributed by atoms with Crippen molar-refractivity contribution >= 4 is 5.95 Å². The zero-order valence-corrected chi connectivity index (χ0v) is 11.7. The molecule has 2 aromatic rings. The molecule has 0 spiro atoms. The molecule has 1 aromatic heterocycles. The van der Waals surface area contributed by atoms with Gasteiger partial charge in [0.1, 0.15) is 5.75 Å². The van der Waals surface area contributed by atoms with Crippen LogP contribution in [-0.2, 0) is 6.42 Å². The molecular formula is C15H20N4O. The van der Waals surface area contributed by atoms with E-state index in [4.69, 9.17) is 10.5 Å². The normalized spacial score (nSPS) is 10.3. The SMILES string of the molecule is COc1cccc(Cc2ccnc(NCCCN)n2)c1. The summed E-state index contributed by atoms with van der Waals surface area (Å²) in [5.41, 5.74) is 7.60. The van der Waals surface area contributed by atoms with E-state index >= 15 is 0 Å². The van der Waals surface area contributed by atoms with E-state index in [0.29, 0.717) is 12.5 Å². The first-order chi connectivity index (χ1) is 9.81. The molecule has 0 unspecified atom stereocenters. The van der Waals surface area contributed by atoms with Crippen LogP contribution in [0.5, 0.6) is 5.75 Å². The average Bonchev–Trinajstić information content (AvgIpc) is 2.48. The fourth-order valence-corrected chi connectivity index (χ4v) is 1.87. The van der Waals surface area contributed by atoms with Crippen LogP contribution in [0.15, 0.2) is 36.5 Å². The number of benzene rings is 1. The van der Waals surface area contributed by atoms with Gasteiger partial charge in [0.25, 0.3) is 0 Å². The van der Waals surface area contributed by atoms with Gasteiger partial charge >= 0.3 is 0 Å². The van der Waals surface area contributed by atoms with Crippen molar-refractivity contribution < 1.29 is 4.74 Å². The fourth-order valence-electron chi connectivity index (χ4n) is 1.87. The molecule has 106 valence electrons. The molecule has 0 aliphatic carbocycles. The minimum Gasteiger partial charge on any atom is -0.497 e. The maximum absolute atomic E-state index is 5.46. The molecule has 0 bridgehead atoms. The average molecular weight is 272 g/mol. The number of nitrogens with one attached hydrogen (secondary N) is 1. The summed E-state index contributed by atoms with van der Waals surface area (Å²) < 4.78 is 5.22. The lowest BCUT2D eigenvalue weighted by Crippen LogP contribution is -2.11. The van der Waals surface area contributed by atoms with Crippen LogP contribution in [0.2, 0.25) is 0 Å². The number of rotatable bonds is 7. The molecule has 1 heterocycles. The minimum atomic E-state index is 0.652. The van der Waals surface area contributed by atoms with Crippen LogP contribution in [-0.4, -0.2) is 30.2 Å². The Labute approximate surface area is 119 Å². The number of aromatic nitrogens is 2. The van der Waals surface area contributed by atoms with Crippen molar-refractivity contribution in [3.8, 4) is 5.75 Å². The van der Waals surface area contributed by atoms with Crippen molar-refractivity contribution in [1.82, 2.24) is 9.97 Å². The highest BCUT2D eigenvalue weighted by Gasteiger charge is 2.02. The summed E-state index contributed by atoms with van der Waals surface area (Å²) in [6.07, 6.45) is 3.43. The number of nitrogens with zero attached hydrogens (tertiary/aromatic N) is 2. The highest BCUT2D eigenvalue weighted by Crippen LogP contribution is 2.15. The van der Waals surface area contributed by atoms with Gasteiger partial charge in [0.15, 0.2) is 0 Å². The van der Waals surface area contributed by atoms with E-state index in [1.807, 2.05) is 24.3 Å². The van der Waals surface area contributed by atoms with Gasteiger partial charge in [0.05, 0.1) is 12.8 Å². The lowest BCUT2D eigenvalue weighted by molar-refractivity contribution is 0.414. The van der Waals surface area contributed by atoms with Gasteiger partial charge in [-0.05, 0) is 36.7 Å². The minimum absolute atomic E-state index is 0.652. The summed E-state index contributed by atoms with van der Waals surface area (Å²) in [7, 11) is 1.67. The molecule has 0 fully saturated rings. The molecule has 1 aromatic carbocycles. The first-order valence-corrected chi connectivity index (χ1v) is 6.70. The van der Waals surface area contributed by atoms with Gasteiger partial charge in [0.2, 0.25) is 5.95 Å². The fraction of sp³-hybridized carbons (Fsp3) is 0.333. The van der Waals surface area contributed by atoms with Crippen LogP contribution < -0.4 is 15.8 Å². The molecule has 0 aliphatic rings. The van der Waals surface area contributed by atoms with Gasteiger partial charge in [-0.3, -0.25) is 0 Å². The number of hydrogen-bond donors (Lipinski definition) is 2. The summed E-state index contributed by atoms with van der Waals surface area (Å²) in [6.45, 7) is 1.45. The van der Waals surface area contributed by atoms with Crippen molar-refractivity contribution in [3.05, 3.63) is 47.8 Å². The molecule has 20 heavy (non-hydrogen) atoms. The lowest BCUT2D eigenvalue weighted by atomic mass is 10.1. The van der Waals surface area contributed by atoms with Gasteiger partial charge in [-0.15, -0.1) is 0 Å². The van der Waals surface area contributed by atoms with Crippen molar-refractivity contribution in [2.24, 2.45) is 5.73 Å². The van der Waals surface area contributed by atoms with E-state index in [0.717, 1.165) is 36.4 Å². The Hall–Kier alpha value is -2.14. The van der Waals surface area contributed by atoms with E-state index in [1.165, 1.54) is 0 Å². The monoisotopic (exact) mass is 272 g/mol. The quantitative estimate of drug-likeness (QED) is 0.752. The first kappa shape index (κ1) is 14.3. The Balaban J connectivity index is 2.03. The summed E-state index contributed by atoms with van der Waals surface area (Å²) in [6, 6.07) is 9.92. The first-order valence-electron chi connectivity index (χ1n) is 6.70. The molecule has 5 nitrogen and oxygen atoms in total. The Bertz CT molecular complexity index is 545. The Kier molecular flexibility index (Phi) is 5.32. The van der Waals surface area contributed by atoms with Crippen LogP contribution in [0, 0.1) is 0 Å². The van der Waals surface area contributed by atoms with Gasteiger partial charge in [0, 0.05) is 19.2 Å². The molecule has 0 saturated heterocycles. The molecule has 0 amide bonds.